The van der Waals surface area contributed by atoms with Crippen molar-refractivity contribution in [2.45, 2.75) is 6.04 Å². The van der Waals surface area contributed by atoms with E-state index in [-0.39, 0.29) is 12.6 Å². The van der Waals surface area contributed by atoms with E-state index in [2.05, 4.69) is 15.3 Å². The molecule has 0 aliphatic carbocycles. The van der Waals surface area contributed by atoms with Gasteiger partial charge in [-0.05, 0) is 0 Å². The molecular formula is C8H12ClN3O2. The number of aliphatic hydroxyl groups is 1. The highest BCUT2D eigenvalue weighted by atomic mass is 35.5. The summed E-state index contributed by atoms with van der Waals surface area (Å²) in [6.45, 7) is 0.350. The molecule has 6 heteroatoms. The lowest BCUT2D eigenvalue weighted by atomic mass is 10.3. The highest BCUT2D eigenvalue weighted by Gasteiger charge is 2.07. The third-order valence-corrected chi connectivity index (χ3v) is 1.74. The molecule has 1 aromatic heterocycles. The minimum Gasteiger partial charge on any atom is -0.394 e. The van der Waals surface area contributed by atoms with Crippen LogP contribution in [0, 0.1) is 0 Å². The fourth-order valence-electron chi connectivity index (χ4n) is 0.911. The maximum absolute atomic E-state index is 8.95. The molecule has 2 N–H and O–H groups in total. The number of anilines is 1. The van der Waals surface area contributed by atoms with Gasteiger partial charge in [0.2, 0.25) is 5.95 Å². The molecule has 1 unspecified atom stereocenters. The van der Waals surface area contributed by atoms with E-state index in [0.717, 1.165) is 0 Å². The minimum atomic E-state index is -0.207. The van der Waals surface area contributed by atoms with Crippen LogP contribution >= 0.6 is 11.6 Å². The lowest BCUT2D eigenvalue weighted by Crippen LogP contribution is -2.29. The summed E-state index contributed by atoms with van der Waals surface area (Å²) in [7, 11) is 1.56. The molecule has 0 saturated heterocycles. The van der Waals surface area contributed by atoms with Crippen LogP contribution in [0.3, 0.4) is 0 Å². The maximum atomic E-state index is 8.95. The Bertz CT molecular complexity index is 268. The van der Waals surface area contributed by atoms with E-state index in [0.29, 0.717) is 17.6 Å². The second kappa shape index (κ2) is 5.74. The van der Waals surface area contributed by atoms with Crippen LogP contribution in [0.5, 0.6) is 0 Å². The number of ether oxygens (including phenoxy) is 1. The van der Waals surface area contributed by atoms with E-state index in [9.17, 15) is 0 Å². The molecule has 0 aliphatic heterocycles. The van der Waals surface area contributed by atoms with Gasteiger partial charge in [0.15, 0.2) is 0 Å². The van der Waals surface area contributed by atoms with Crippen molar-refractivity contribution in [1.29, 1.82) is 0 Å². The van der Waals surface area contributed by atoms with Crippen molar-refractivity contribution < 1.29 is 9.84 Å². The number of nitrogens with zero attached hydrogens (tertiary/aromatic N) is 2. The Balaban J connectivity index is 2.53. The van der Waals surface area contributed by atoms with Gasteiger partial charge in [-0.1, -0.05) is 11.6 Å². The van der Waals surface area contributed by atoms with Gasteiger partial charge in [0, 0.05) is 7.11 Å². The summed E-state index contributed by atoms with van der Waals surface area (Å²) >= 11 is 5.62. The molecule has 14 heavy (non-hydrogen) atoms. The topological polar surface area (TPSA) is 67.3 Å². The van der Waals surface area contributed by atoms with Crippen LogP contribution < -0.4 is 5.32 Å². The maximum Gasteiger partial charge on any atom is 0.223 e. The first-order valence-electron chi connectivity index (χ1n) is 4.10. The van der Waals surface area contributed by atoms with Crippen LogP contribution in [0.15, 0.2) is 12.4 Å². The zero-order valence-electron chi connectivity index (χ0n) is 7.77. The molecule has 1 rings (SSSR count). The van der Waals surface area contributed by atoms with Crippen molar-refractivity contribution in [3.63, 3.8) is 0 Å². The van der Waals surface area contributed by atoms with Crippen molar-refractivity contribution in [3.05, 3.63) is 17.4 Å². The van der Waals surface area contributed by atoms with Gasteiger partial charge >= 0.3 is 0 Å². The Kier molecular flexibility index (Phi) is 4.58. The van der Waals surface area contributed by atoms with E-state index >= 15 is 0 Å². The Morgan fingerprint density at radius 1 is 1.57 bits per heavy atom. The Morgan fingerprint density at radius 2 is 2.21 bits per heavy atom. The molecule has 0 spiro atoms. The summed E-state index contributed by atoms with van der Waals surface area (Å²) in [5.41, 5.74) is 0. The zero-order chi connectivity index (χ0) is 10.4. The fourth-order valence-corrected chi connectivity index (χ4v) is 1.01. The Hall–Kier alpha value is -0.910. The monoisotopic (exact) mass is 217 g/mol. The lowest BCUT2D eigenvalue weighted by Gasteiger charge is -2.14. The number of hydrogen-bond acceptors (Lipinski definition) is 5. The van der Waals surface area contributed by atoms with Crippen LogP contribution in [0.1, 0.15) is 0 Å². The molecule has 0 bridgehead atoms. The summed E-state index contributed by atoms with van der Waals surface area (Å²) in [6.07, 6.45) is 2.97. The average molecular weight is 218 g/mol. The predicted octanol–water partition coefficient (Wildman–Crippen LogP) is 0.549. The molecular weight excluding hydrogens is 206 g/mol. The number of halogens is 1. The van der Waals surface area contributed by atoms with Gasteiger partial charge in [0.05, 0.1) is 36.7 Å². The summed E-state index contributed by atoms with van der Waals surface area (Å²) in [4.78, 5) is 7.85. The van der Waals surface area contributed by atoms with Gasteiger partial charge in [-0.15, -0.1) is 0 Å². The highest BCUT2D eigenvalue weighted by Crippen LogP contribution is 2.06. The smallest absolute Gasteiger partial charge is 0.223 e. The number of rotatable bonds is 5. The highest BCUT2D eigenvalue weighted by molar-refractivity contribution is 6.30. The number of methoxy groups -OCH3 is 1. The second-order valence-electron chi connectivity index (χ2n) is 2.70. The molecule has 1 atom stereocenters. The van der Waals surface area contributed by atoms with Gasteiger partial charge in [-0.2, -0.15) is 0 Å². The van der Waals surface area contributed by atoms with Gasteiger partial charge in [0.25, 0.3) is 0 Å². The van der Waals surface area contributed by atoms with Crippen molar-refractivity contribution >= 4 is 17.5 Å². The van der Waals surface area contributed by atoms with Crippen molar-refractivity contribution in [3.8, 4) is 0 Å². The van der Waals surface area contributed by atoms with Gasteiger partial charge in [-0.3, -0.25) is 0 Å². The van der Waals surface area contributed by atoms with E-state index in [1.54, 1.807) is 7.11 Å². The van der Waals surface area contributed by atoms with Crippen LogP contribution in [-0.4, -0.2) is 41.4 Å². The average Bonchev–Trinajstić information content (AvgIpc) is 2.20. The predicted molar refractivity (Wildman–Crippen MR) is 53.4 cm³/mol. The number of aromatic nitrogens is 2. The number of hydrogen-bond donors (Lipinski definition) is 2. The zero-order valence-corrected chi connectivity index (χ0v) is 8.53. The van der Waals surface area contributed by atoms with Crippen LogP contribution in [0.4, 0.5) is 5.95 Å². The van der Waals surface area contributed by atoms with Crippen LogP contribution in [0.25, 0.3) is 0 Å². The lowest BCUT2D eigenvalue weighted by molar-refractivity contribution is 0.153. The summed E-state index contributed by atoms with van der Waals surface area (Å²) in [5, 5.41) is 12.3. The minimum absolute atomic E-state index is 0.0418. The first-order valence-corrected chi connectivity index (χ1v) is 4.48. The molecule has 78 valence electrons. The summed E-state index contributed by atoms with van der Waals surface area (Å²) in [6, 6.07) is -0.207. The largest absolute Gasteiger partial charge is 0.394 e. The molecule has 5 nitrogen and oxygen atoms in total. The third-order valence-electron chi connectivity index (χ3n) is 1.54. The van der Waals surface area contributed by atoms with Crippen LogP contribution in [0.2, 0.25) is 5.02 Å². The molecule has 0 radical (unpaired) electrons. The van der Waals surface area contributed by atoms with Crippen molar-refractivity contribution in [1.82, 2.24) is 9.97 Å². The standard InChI is InChI=1S/C8H12ClN3O2/c1-14-5-7(4-13)12-8-10-2-6(9)3-11-8/h2-3,7,13H,4-5H2,1H3,(H,10,11,12). The quantitative estimate of drug-likeness (QED) is 0.754. The SMILES string of the molecule is COCC(CO)Nc1ncc(Cl)cn1. The molecule has 0 aromatic carbocycles. The second-order valence-corrected chi connectivity index (χ2v) is 3.14. The van der Waals surface area contributed by atoms with Gasteiger partial charge < -0.3 is 15.2 Å². The van der Waals surface area contributed by atoms with E-state index in [4.69, 9.17) is 21.4 Å². The van der Waals surface area contributed by atoms with Crippen molar-refractivity contribution in [2.24, 2.45) is 0 Å². The summed E-state index contributed by atoms with van der Waals surface area (Å²) in [5.74, 6) is 0.422. The molecule has 1 heterocycles. The van der Waals surface area contributed by atoms with E-state index in [1.165, 1.54) is 12.4 Å². The van der Waals surface area contributed by atoms with Gasteiger partial charge in [0.1, 0.15) is 0 Å². The molecule has 0 fully saturated rings. The van der Waals surface area contributed by atoms with E-state index < -0.39 is 0 Å². The molecule has 0 saturated carbocycles. The number of aliphatic hydroxyl groups excluding tert-OH is 1. The van der Waals surface area contributed by atoms with E-state index in [1.807, 2.05) is 0 Å². The first kappa shape index (κ1) is 11.2. The third kappa shape index (κ3) is 3.45. The molecule has 0 amide bonds. The molecule has 0 aliphatic rings. The summed E-state index contributed by atoms with van der Waals surface area (Å²) < 4.78 is 4.89. The molecule has 1 aromatic rings. The van der Waals surface area contributed by atoms with Gasteiger partial charge in [-0.25, -0.2) is 9.97 Å². The normalized spacial score (nSPS) is 12.5. The first-order chi connectivity index (χ1) is 6.76. The Morgan fingerprint density at radius 3 is 2.71 bits per heavy atom. The fraction of sp³-hybridized carbons (Fsp3) is 0.500. The van der Waals surface area contributed by atoms with Crippen LogP contribution in [-0.2, 0) is 4.74 Å². The van der Waals surface area contributed by atoms with Crippen molar-refractivity contribution in [2.75, 3.05) is 25.6 Å². The number of nitrogens with one attached hydrogen (secondary N) is 1. The Labute approximate surface area is 87.1 Å².